The maximum Gasteiger partial charge on any atom is 0.423 e. The van der Waals surface area contributed by atoms with E-state index < -0.39 is 0 Å². The summed E-state index contributed by atoms with van der Waals surface area (Å²) in [6.45, 7) is 1.44. The van der Waals surface area contributed by atoms with Crippen molar-refractivity contribution < 1.29 is 13.9 Å². The molecule has 16 heavy (non-hydrogen) atoms. The van der Waals surface area contributed by atoms with Crippen molar-refractivity contribution in [1.29, 1.82) is 0 Å². The van der Waals surface area contributed by atoms with Crippen LogP contribution in [-0.2, 0) is 4.79 Å². The Bertz CT molecular complexity index is 667. The van der Waals surface area contributed by atoms with Crippen LogP contribution in [0.1, 0.15) is 0 Å². The smallest absolute Gasteiger partial charge is 0.423 e. The van der Waals surface area contributed by atoms with Crippen LogP contribution in [0, 0.1) is 0 Å². The number of benzene rings is 2. The Balaban J connectivity index is 2.47. The molecule has 0 N–H and O–H groups in total. The van der Waals surface area contributed by atoms with Gasteiger partial charge in [0.1, 0.15) is 16.9 Å². The van der Waals surface area contributed by atoms with Crippen molar-refractivity contribution in [2.24, 2.45) is 0 Å². The van der Waals surface area contributed by atoms with E-state index in [0.717, 1.165) is 16.4 Å². The molecular weight excluding hydrogens is 204 g/mol. The SMILES string of the molecule is O=[C]Oc1cccc2oc3ccccc3c12. The van der Waals surface area contributed by atoms with Crippen LogP contribution in [0.3, 0.4) is 0 Å². The topological polar surface area (TPSA) is 39.4 Å². The third-order valence-electron chi connectivity index (χ3n) is 2.52. The predicted molar refractivity (Wildman–Crippen MR) is 60.0 cm³/mol. The highest BCUT2D eigenvalue weighted by atomic mass is 16.5. The second-order valence-corrected chi connectivity index (χ2v) is 3.41. The van der Waals surface area contributed by atoms with Gasteiger partial charge in [-0.3, -0.25) is 0 Å². The number of fused-ring (bicyclic) bond motifs is 3. The van der Waals surface area contributed by atoms with Crippen LogP contribution < -0.4 is 4.74 Å². The van der Waals surface area contributed by atoms with Crippen LogP contribution in [0.2, 0.25) is 0 Å². The van der Waals surface area contributed by atoms with E-state index in [1.165, 1.54) is 6.47 Å². The highest BCUT2D eigenvalue weighted by Crippen LogP contribution is 2.34. The highest BCUT2D eigenvalue weighted by Gasteiger charge is 2.10. The van der Waals surface area contributed by atoms with Gasteiger partial charge < -0.3 is 9.15 Å². The molecule has 0 spiro atoms. The molecule has 0 aliphatic rings. The Morgan fingerprint density at radius 3 is 2.69 bits per heavy atom. The minimum Gasteiger partial charge on any atom is -0.456 e. The van der Waals surface area contributed by atoms with Crippen molar-refractivity contribution in [3.63, 3.8) is 0 Å². The fraction of sp³-hybridized carbons (Fsp3) is 0. The van der Waals surface area contributed by atoms with Gasteiger partial charge >= 0.3 is 6.47 Å². The zero-order valence-electron chi connectivity index (χ0n) is 8.27. The minimum absolute atomic E-state index is 0.470. The van der Waals surface area contributed by atoms with Crippen LogP contribution in [0.5, 0.6) is 5.75 Å². The molecule has 0 saturated carbocycles. The van der Waals surface area contributed by atoms with Crippen LogP contribution in [-0.4, -0.2) is 6.47 Å². The van der Waals surface area contributed by atoms with Gasteiger partial charge in [-0.15, -0.1) is 0 Å². The van der Waals surface area contributed by atoms with Crippen molar-refractivity contribution in [2.45, 2.75) is 0 Å². The third-order valence-corrected chi connectivity index (χ3v) is 2.52. The van der Waals surface area contributed by atoms with E-state index in [4.69, 9.17) is 9.15 Å². The Kier molecular flexibility index (Phi) is 1.90. The zero-order valence-corrected chi connectivity index (χ0v) is 8.27. The molecule has 3 rings (SSSR count). The predicted octanol–water partition coefficient (Wildman–Crippen LogP) is 3.03. The number of para-hydroxylation sites is 1. The average Bonchev–Trinajstić information content (AvgIpc) is 2.68. The second-order valence-electron chi connectivity index (χ2n) is 3.41. The van der Waals surface area contributed by atoms with Crippen molar-refractivity contribution in [2.75, 3.05) is 0 Å². The Morgan fingerprint density at radius 1 is 1.00 bits per heavy atom. The van der Waals surface area contributed by atoms with Crippen molar-refractivity contribution in [3.05, 3.63) is 42.5 Å². The standard InChI is InChI=1S/C13H7O3/c14-8-15-11-6-3-7-12-13(11)9-4-1-2-5-10(9)16-12/h1-7H. The van der Waals surface area contributed by atoms with Gasteiger partial charge in [-0.25, -0.2) is 4.79 Å². The van der Waals surface area contributed by atoms with Crippen molar-refractivity contribution >= 4 is 28.4 Å². The molecule has 1 radical (unpaired) electrons. The van der Waals surface area contributed by atoms with E-state index in [-0.39, 0.29) is 0 Å². The normalized spacial score (nSPS) is 10.8. The molecule has 0 fully saturated rings. The van der Waals surface area contributed by atoms with Gasteiger partial charge in [0.2, 0.25) is 0 Å². The highest BCUT2D eigenvalue weighted by molar-refractivity contribution is 6.08. The first kappa shape index (κ1) is 8.97. The molecule has 1 heterocycles. The summed E-state index contributed by atoms with van der Waals surface area (Å²) in [4.78, 5) is 10.3. The van der Waals surface area contributed by atoms with Gasteiger partial charge in [0.15, 0.2) is 0 Å². The van der Waals surface area contributed by atoms with Crippen LogP contribution in [0.4, 0.5) is 0 Å². The van der Waals surface area contributed by atoms with Gasteiger partial charge in [-0.2, -0.15) is 0 Å². The molecule has 2 aromatic carbocycles. The summed E-state index contributed by atoms with van der Waals surface area (Å²) >= 11 is 0. The largest absolute Gasteiger partial charge is 0.456 e. The molecule has 0 saturated heterocycles. The van der Waals surface area contributed by atoms with E-state index in [2.05, 4.69) is 0 Å². The summed E-state index contributed by atoms with van der Waals surface area (Å²) in [6, 6.07) is 13.0. The molecule has 0 amide bonds. The summed E-state index contributed by atoms with van der Waals surface area (Å²) in [5.41, 5.74) is 1.48. The Morgan fingerprint density at radius 2 is 1.81 bits per heavy atom. The number of ether oxygens (including phenoxy) is 1. The van der Waals surface area contributed by atoms with Crippen LogP contribution >= 0.6 is 0 Å². The van der Waals surface area contributed by atoms with E-state index in [0.29, 0.717) is 11.3 Å². The average molecular weight is 211 g/mol. The summed E-state index contributed by atoms with van der Waals surface area (Å²) in [7, 11) is 0. The lowest BCUT2D eigenvalue weighted by Crippen LogP contribution is -1.88. The molecule has 1 aromatic heterocycles. The molecule has 3 nitrogen and oxygen atoms in total. The first-order valence-electron chi connectivity index (χ1n) is 4.84. The van der Waals surface area contributed by atoms with Gasteiger partial charge in [0.05, 0.1) is 5.39 Å². The number of hydrogen-bond acceptors (Lipinski definition) is 3. The molecule has 3 heteroatoms. The lowest BCUT2D eigenvalue weighted by Gasteiger charge is -1.97. The van der Waals surface area contributed by atoms with Gasteiger partial charge in [-0.1, -0.05) is 24.3 Å². The van der Waals surface area contributed by atoms with Gasteiger partial charge in [0.25, 0.3) is 0 Å². The molecule has 77 valence electrons. The number of carbonyl (C=O) groups excluding carboxylic acids is 1. The molecule has 0 aliphatic heterocycles. The van der Waals surface area contributed by atoms with Crippen molar-refractivity contribution in [1.82, 2.24) is 0 Å². The first-order valence-corrected chi connectivity index (χ1v) is 4.84. The Hall–Kier alpha value is -2.29. The summed E-state index contributed by atoms with van der Waals surface area (Å²) in [6.07, 6.45) is 0. The fourth-order valence-electron chi connectivity index (χ4n) is 1.87. The van der Waals surface area contributed by atoms with Gasteiger partial charge in [-0.05, 0) is 18.2 Å². The van der Waals surface area contributed by atoms with E-state index in [1.54, 1.807) is 12.1 Å². The third kappa shape index (κ3) is 1.18. The number of furan rings is 1. The summed E-state index contributed by atoms with van der Waals surface area (Å²) in [5.74, 6) is 0.470. The monoisotopic (exact) mass is 211 g/mol. The lowest BCUT2D eigenvalue weighted by atomic mass is 10.1. The van der Waals surface area contributed by atoms with E-state index >= 15 is 0 Å². The minimum atomic E-state index is 0.470. The van der Waals surface area contributed by atoms with Gasteiger partial charge in [0, 0.05) is 5.39 Å². The fourth-order valence-corrected chi connectivity index (χ4v) is 1.87. The Labute approximate surface area is 91.2 Å². The molecule has 0 bridgehead atoms. The summed E-state index contributed by atoms with van der Waals surface area (Å²) in [5, 5.41) is 1.74. The first-order chi connectivity index (χ1) is 7.90. The van der Waals surface area contributed by atoms with E-state index in [1.807, 2.05) is 30.3 Å². The molecule has 0 aliphatic carbocycles. The van der Waals surface area contributed by atoms with E-state index in [9.17, 15) is 4.79 Å². The van der Waals surface area contributed by atoms with Crippen LogP contribution in [0.15, 0.2) is 46.9 Å². The molecule has 0 unspecified atom stereocenters. The second kappa shape index (κ2) is 3.38. The maximum atomic E-state index is 10.3. The lowest BCUT2D eigenvalue weighted by molar-refractivity contribution is 0.445. The number of hydrogen-bond donors (Lipinski definition) is 0. The molecule has 3 aromatic rings. The molecular formula is C13H7O3. The summed E-state index contributed by atoms with van der Waals surface area (Å²) < 4.78 is 10.4. The molecule has 0 atom stereocenters. The number of rotatable bonds is 2. The maximum absolute atomic E-state index is 10.3. The quantitative estimate of drug-likeness (QED) is 0.654. The van der Waals surface area contributed by atoms with Crippen LogP contribution in [0.25, 0.3) is 21.9 Å². The van der Waals surface area contributed by atoms with Crippen molar-refractivity contribution in [3.8, 4) is 5.75 Å². The zero-order chi connectivity index (χ0) is 11.0.